The van der Waals surface area contributed by atoms with Gasteiger partial charge in [0.25, 0.3) is 0 Å². The van der Waals surface area contributed by atoms with Gasteiger partial charge in [0.05, 0.1) is 24.0 Å². The molecule has 5 heteroatoms. The Balaban J connectivity index is 1.51. The van der Waals surface area contributed by atoms with E-state index in [9.17, 15) is 4.79 Å². The summed E-state index contributed by atoms with van der Waals surface area (Å²) in [5.74, 6) is 1.20. The van der Waals surface area contributed by atoms with E-state index < -0.39 is 0 Å². The van der Waals surface area contributed by atoms with Crippen LogP contribution in [-0.2, 0) is 4.79 Å². The molecule has 0 saturated heterocycles. The number of hydrogen-bond donors (Lipinski definition) is 2. The Morgan fingerprint density at radius 2 is 1.73 bits per heavy atom. The number of ether oxygens (including phenoxy) is 1. The largest absolute Gasteiger partial charge is 0.494 e. The van der Waals surface area contributed by atoms with Crippen LogP contribution < -0.4 is 15.4 Å². The first kappa shape index (κ1) is 21.8. The van der Waals surface area contributed by atoms with E-state index in [1.165, 1.54) is 5.56 Å². The summed E-state index contributed by atoms with van der Waals surface area (Å²) in [6.07, 6.45) is 2.27. The van der Waals surface area contributed by atoms with Gasteiger partial charge in [0.2, 0.25) is 0 Å². The first-order valence-corrected chi connectivity index (χ1v) is 12.3. The monoisotopic (exact) mass is 502 g/mol. The van der Waals surface area contributed by atoms with Gasteiger partial charge in [-0.15, -0.1) is 0 Å². The fourth-order valence-electron chi connectivity index (χ4n) is 4.72. The summed E-state index contributed by atoms with van der Waals surface area (Å²) < 4.78 is 6.73. The number of hydrogen-bond acceptors (Lipinski definition) is 4. The number of fused-ring (bicyclic) bond motifs is 1. The van der Waals surface area contributed by atoms with Gasteiger partial charge in [0.15, 0.2) is 5.78 Å². The quantitative estimate of drug-likeness (QED) is 0.386. The van der Waals surface area contributed by atoms with E-state index in [2.05, 4.69) is 69.9 Å². The SMILES string of the molecule is CCCOc1ccc(C2CC(=O)C3=C(C2)Nc2ccccc2NC3c2cccc(Br)c2)cc1. The van der Waals surface area contributed by atoms with E-state index in [0.29, 0.717) is 13.0 Å². The third kappa shape index (κ3) is 4.55. The Morgan fingerprint density at radius 1 is 0.939 bits per heavy atom. The molecule has 0 saturated carbocycles. The van der Waals surface area contributed by atoms with Gasteiger partial charge in [0.1, 0.15) is 5.75 Å². The predicted octanol–water partition coefficient (Wildman–Crippen LogP) is 7.22. The number of nitrogens with one attached hydrogen (secondary N) is 2. The molecule has 1 aliphatic heterocycles. The summed E-state index contributed by atoms with van der Waals surface area (Å²) in [4.78, 5) is 13.6. The second kappa shape index (κ2) is 9.44. The Bertz CT molecular complexity index is 1200. The van der Waals surface area contributed by atoms with Gasteiger partial charge in [-0.3, -0.25) is 4.79 Å². The van der Waals surface area contributed by atoms with Crippen LogP contribution in [0.15, 0.2) is 88.5 Å². The van der Waals surface area contributed by atoms with Crippen LogP contribution in [0.4, 0.5) is 11.4 Å². The standard InChI is InChI=1S/C28H27BrN2O2/c1-2-14-33-22-12-10-18(11-13-22)20-16-25-27(26(32)17-20)28(19-6-5-7-21(29)15-19)31-24-9-4-3-8-23(24)30-25/h3-13,15,20,28,30-31H,2,14,16-17H2,1H3. The summed E-state index contributed by atoms with van der Waals surface area (Å²) >= 11 is 3.59. The van der Waals surface area contributed by atoms with E-state index in [4.69, 9.17) is 4.74 Å². The summed E-state index contributed by atoms with van der Waals surface area (Å²) in [6.45, 7) is 2.81. The van der Waals surface area contributed by atoms with Gasteiger partial charge in [0, 0.05) is 22.2 Å². The molecule has 33 heavy (non-hydrogen) atoms. The van der Waals surface area contributed by atoms with Gasteiger partial charge >= 0.3 is 0 Å². The molecule has 1 heterocycles. The molecule has 4 nitrogen and oxygen atoms in total. The zero-order valence-corrected chi connectivity index (χ0v) is 20.2. The number of ketones is 1. The third-order valence-corrected chi connectivity index (χ3v) is 6.81. The minimum Gasteiger partial charge on any atom is -0.494 e. The zero-order chi connectivity index (χ0) is 22.8. The fraction of sp³-hybridized carbons (Fsp3) is 0.250. The molecule has 0 amide bonds. The average molecular weight is 503 g/mol. The summed E-state index contributed by atoms with van der Waals surface area (Å²) in [6, 6.07) is 24.4. The highest BCUT2D eigenvalue weighted by Crippen LogP contribution is 2.44. The third-order valence-electron chi connectivity index (χ3n) is 6.32. The van der Waals surface area contributed by atoms with E-state index in [-0.39, 0.29) is 17.7 Å². The Kier molecular flexibility index (Phi) is 6.23. The highest BCUT2D eigenvalue weighted by molar-refractivity contribution is 9.10. The van der Waals surface area contributed by atoms with Crippen molar-refractivity contribution in [3.8, 4) is 5.75 Å². The van der Waals surface area contributed by atoms with Crippen LogP contribution >= 0.6 is 15.9 Å². The summed E-state index contributed by atoms with van der Waals surface area (Å²) in [5.41, 5.74) is 6.08. The number of carbonyl (C=O) groups is 1. The first-order chi connectivity index (χ1) is 16.1. The van der Waals surface area contributed by atoms with Crippen molar-refractivity contribution in [1.82, 2.24) is 0 Å². The van der Waals surface area contributed by atoms with Crippen LogP contribution in [0.3, 0.4) is 0 Å². The molecule has 0 spiro atoms. The topological polar surface area (TPSA) is 50.4 Å². The molecule has 0 radical (unpaired) electrons. The van der Waals surface area contributed by atoms with Crippen LogP contribution in [0, 0.1) is 0 Å². The van der Waals surface area contributed by atoms with Crippen molar-refractivity contribution in [3.63, 3.8) is 0 Å². The second-order valence-corrected chi connectivity index (χ2v) is 9.56. The van der Waals surface area contributed by atoms with Crippen molar-refractivity contribution < 1.29 is 9.53 Å². The van der Waals surface area contributed by atoms with E-state index in [1.54, 1.807) is 0 Å². The molecule has 0 bridgehead atoms. The Hall–Kier alpha value is -3.05. The molecule has 5 rings (SSSR count). The normalized spacial score (nSPS) is 19.6. The average Bonchev–Trinajstić information content (AvgIpc) is 3.00. The number of carbonyl (C=O) groups excluding carboxylic acids is 1. The molecule has 2 N–H and O–H groups in total. The van der Waals surface area contributed by atoms with Crippen LogP contribution in [-0.4, -0.2) is 12.4 Å². The van der Waals surface area contributed by atoms with Gasteiger partial charge in [-0.25, -0.2) is 0 Å². The van der Waals surface area contributed by atoms with Gasteiger partial charge in [-0.05, 0) is 66.3 Å². The van der Waals surface area contributed by atoms with Gasteiger partial charge in [-0.2, -0.15) is 0 Å². The van der Waals surface area contributed by atoms with Crippen molar-refractivity contribution in [2.75, 3.05) is 17.2 Å². The van der Waals surface area contributed by atoms with Gasteiger partial charge < -0.3 is 15.4 Å². The van der Waals surface area contributed by atoms with Crippen molar-refractivity contribution in [3.05, 3.63) is 99.7 Å². The molecular formula is C28H27BrN2O2. The number of para-hydroxylation sites is 2. The fourth-order valence-corrected chi connectivity index (χ4v) is 5.14. The van der Waals surface area contributed by atoms with Crippen LogP contribution in [0.5, 0.6) is 5.75 Å². The lowest BCUT2D eigenvalue weighted by atomic mass is 9.78. The number of halogens is 1. The van der Waals surface area contributed by atoms with Gasteiger partial charge in [-0.1, -0.05) is 59.3 Å². The number of allylic oxidation sites excluding steroid dienone is 1. The smallest absolute Gasteiger partial charge is 0.163 e. The Morgan fingerprint density at radius 3 is 2.48 bits per heavy atom. The molecule has 168 valence electrons. The molecular weight excluding hydrogens is 476 g/mol. The molecule has 3 aromatic carbocycles. The summed E-state index contributed by atoms with van der Waals surface area (Å²) in [7, 11) is 0. The van der Waals surface area contributed by atoms with Crippen LogP contribution in [0.25, 0.3) is 0 Å². The van der Waals surface area contributed by atoms with Crippen LogP contribution in [0.1, 0.15) is 49.3 Å². The van der Waals surface area contributed by atoms with E-state index in [1.807, 2.05) is 36.4 Å². The number of anilines is 2. The van der Waals surface area contributed by atoms with Crippen molar-refractivity contribution in [1.29, 1.82) is 0 Å². The lowest BCUT2D eigenvalue weighted by Gasteiger charge is -2.30. The van der Waals surface area contributed by atoms with Crippen LogP contribution in [0.2, 0.25) is 0 Å². The number of rotatable bonds is 5. The maximum absolute atomic E-state index is 13.6. The molecule has 0 aromatic heterocycles. The minimum atomic E-state index is -0.202. The zero-order valence-electron chi connectivity index (χ0n) is 18.6. The number of Topliss-reactive ketones (excluding diaryl/α,β-unsaturated/α-hetero) is 1. The maximum atomic E-state index is 13.6. The lowest BCUT2D eigenvalue weighted by Crippen LogP contribution is -2.26. The molecule has 3 aromatic rings. The predicted molar refractivity (Wildman–Crippen MR) is 137 cm³/mol. The minimum absolute atomic E-state index is 0.136. The first-order valence-electron chi connectivity index (χ1n) is 11.5. The highest BCUT2D eigenvalue weighted by atomic mass is 79.9. The van der Waals surface area contributed by atoms with E-state index >= 15 is 0 Å². The summed E-state index contributed by atoms with van der Waals surface area (Å²) in [5, 5.41) is 7.24. The van der Waals surface area contributed by atoms with Crippen molar-refractivity contribution in [2.45, 2.75) is 38.1 Å². The molecule has 2 aliphatic rings. The van der Waals surface area contributed by atoms with Crippen molar-refractivity contribution >= 4 is 33.1 Å². The van der Waals surface area contributed by atoms with Crippen molar-refractivity contribution in [2.24, 2.45) is 0 Å². The molecule has 1 aliphatic carbocycles. The molecule has 0 fully saturated rings. The maximum Gasteiger partial charge on any atom is 0.163 e. The number of benzene rings is 3. The highest BCUT2D eigenvalue weighted by Gasteiger charge is 2.36. The lowest BCUT2D eigenvalue weighted by molar-refractivity contribution is -0.116. The second-order valence-electron chi connectivity index (χ2n) is 8.64. The Labute approximate surface area is 203 Å². The molecule has 2 atom stereocenters. The van der Waals surface area contributed by atoms with E-state index in [0.717, 1.165) is 51.3 Å². The molecule has 2 unspecified atom stereocenters.